The molecule has 0 radical (unpaired) electrons. The largest absolute Gasteiger partial charge is 0.444 e. The summed E-state index contributed by atoms with van der Waals surface area (Å²) in [6.07, 6.45) is 4.32. The molecule has 240 valence electrons. The van der Waals surface area contributed by atoms with Crippen LogP contribution in [-0.4, -0.2) is 80.2 Å². The van der Waals surface area contributed by atoms with Crippen LogP contribution >= 0.6 is 0 Å². The molecule has 45 heavy (non-hydrogen) atoms. The van der Waals surface area contributed by atoms with Crippen LogP contribution in [0.4, 0.5) is 13.6 Å². The summed E-state index contributed by atoms with van der Waals surface area (Å²) in [6.45, 7) is 9.03. The fourth-order valence-corrected chi connectivity index (χ4v) is 6.49. The second-order valence-corrected chi connectivity index (χ2v) is 13.3. The SMILES string of the molecule is Cn1c2cc(C(=O)NCCCN3CCC(F)CC3)ccc2n2cc(-c3ccc([C@@H]4CCCN4C(=O)OC(C)(C)C)cc3F)nc12. The molecular formula is C34H42F2N6O3. The minimum absolute atomic E-state index is 0.145. The molecule has 0 aliphatic carbocycles. The molecule has 0 spiro atoms. The molecular weight excluding hydrogens is 578 g/mol. The predicted octanol–water partition coefficient (Wildman–Crippen LogP) is 6.26. The number of halogens is 2. The van der Waals surface area contributed by atoms with E-state index < -0.39 is 17.6 Å². The predicted molar refractivity (Wildman–Crippen MR) is 169 cm³/mol. The van der Waals surface area contributed by atoms with Gasteiger partial charge in [0.15, 0.2) is 0 Å². The molecule has 11 heteroatoms. The number of carbonyl (C=O) groups is 2. The van der Waals surface area contributed by atoms with Crippen molar-refractivity contribution < 1.29 is 23.1 Å². The molecule has 0 bridgehead atoms. The number of piperidine rings is 1. The molecule has 2 fully saturated rings. The lowest BCUT2D eigenvalue weighted by atomic mass is 10.0. The second kappa shape index (κ2) is 12.4. The van der Waals surface area contributed by atoms with Crippen LogP contribution in [0.15, 0.2) is 42.6 Å². The number of aromatic nitrogens is 3. The van der Waals surface area contributed by atoms with Crippen LogP contribution in [0.1, 0.15) is 74.8 Å². The monoisotopic (exact) mass is 620 g/mol. The number of ether oxygens (including phenoxy) is 1. The minimum atomic E-state index is -0.683. The van der Waals surface area contributed by atoms with Crippen molar-refractivity contribution in [2.24, 2.45) is 7.05 Å². The number of nitrogens with zero attached hydrogens (tertiary/aromatic N) is 5. The van der Waals surface area contributed by atoms with Crippen molar-refractivity contribution in [1.82, 2.24) is 29.1 Å². The highest BCUT2D eigenvalue weighted by Crippen LogP contribution is 2.35. The third-order valence-electron chi connectivity index (χ3n) is 8.83. The Labute approximate surface area is 262 Å². The maximum atomic E-state index is 15.6. The van der Waals surface area contributed by atoms with E-state index in [0.717, 1.165) is 55.5 Å². The summed E-state index contributed by atoms with van der Waals surface area (Å²) in [5.41, 5.74) is 3.26. The van der Waals surface area contributed by atoms with Gasteiger partial charge in [0, 0.05) is 50.6 Å². The van der Waals surface area contributed by atoms with Gasteiger partial charge in [-0.25, -0.2) is 18.6 Å². The van der Waals surface area contributed by atoms with Crippen molar-refractivity contribution in [1.29, 1.82) is 0 Å². The molecule has 4 heterocycles. The zero-order chi connectivity index (χ0) is 31.9. The number of fused-ring (bicyclic) bond motifs is 3. The summed E-state index contributed by atoms with van der Waals surface area (Å²) in [4.78, 5) is 34.3. The highest BCUT2D eigenvalue weighted by Gasteiger charge is 2.33. The summed E-state index contributed by atoms with van der Waals surface area (Å²) in [6, 6.07) is 10.4. The first kappa shape index (κ1) is 31.0. The number of rotatable bonds is 7. The van der Waals surface area contributed by atoms with Crippen LogP contribution in [0.25, 0.3) is 28.1 Å². The van der Waals surface area contributed by atoms with Gasteiger partial charge in [0.25, 0.3) is 5.91 Å². The fraction of sp³-hybridized carbons (Fsp3) is 0.500. The van der Waals surface area contributed by atoms with Gasteiger partial charge in [-0.2, -0.15) is 0 Å². The molecule has 1 N–H and O–H groups in total. The first-order valence-corrected chi connectivity index (χ1v) is 15.9. The number of imidazole rings is 2. The van der Waals surface area contributed by atoms with E-state index in [-0.39, 0.29) is 18.0 Å². The summed E-state index contributed by atoms with van der Waals surface area (Å²) in [5.74, 6) is 0.0839. The third-order valence-corrected chi connectivity index (χ3v) is 8.83. The van der Waals surface area contributed by atoms with E-state index in [2.05, 4.69) is 10.2 Å². The van der Waals surface area contributed by atoms with E-state index in [1.54, 1.807) is 17.0 Å². The number of hydrogen-bond donors (Lipinski definition) is 1. The molecule has 2 saturated heterocycles. The maximum absolute atomic E-state index is 15.6. The van der Waals surface area contributed by atoms with E-state index in [0.29, 0.717) is 48.5 Å². The van der Waals surface area contributed by atoms with Crippen molar-refractivity contribution >= 4 is 28.8 Å². The van der Waals surface area contributed by atoms with Crippen molar-refractivity contribution in [3.63, 3.8) is 0 Å². The summed E-state index contributed by atoms with van der Waals surface area (Å²) in [7, 11) is 1.88. The zero-order valence-corrected chi connectivity index (χ0v) is 26.5. The van der Waals surface area contributed by atoms with Crippen LogP contribution in [-0.2, 0) is 11.8 Å². The number of benzene rings is 2. The van der Waals surface area contributed by atoms with Gasteiger partial charge in [-0.3, -0.25) is 9.20 Å². The van der Waals surface area contributed by atoms with E-state index in [1.807, 2.05) is 61.2 Å². The number of likely N-dealkylation sites (tertiary alicyclic amines) is 2. The fourth-order valence-electron chi connectivity index (χ4n) is 6.49. The van der Waals surface area contributed by atoms with Gasteiger partial charge in [0.2, 0.25) is 5.78 Å². The molecule has 2 amide bonds. The van der Waals surface area contributed by atoms with Gasteiger partial charge in [-0.1, -0.05) is 6.07 Å². The number of nitrogens with one attached hydrogen (secondary N) is 1. The number of alkyl halides is 1. The zero-order valence-electron chi connectivity index (χ0n) is 26.5. The van der Waals surface area contributed by atoms with Gasteiger partial charge < -0.3 is 24.4 Å². The molecule has 0 unspecified atom stereocenters. The van der Waals surface area contributed by atoms with Crippen molar-refractivity contribution in [2.75, 3.05) is 32.7 Å². The van der Waals surface area contributed by atoms with Crippen molar-refractivity contribution in [3.8, 4) is 11.3 Å². The van der Waals surface area contributed by atoms with Gasteiger partial charge in [-0.05, 0) is 95.3 Å². The van der Waals surface area contributed by atoms with Crippen LogP contribution in [0.5, 0.6) is 0 Å². The number of hydrogen-bond acceptors (Lipinski definition) is 5. The Morgan fingerprint density at radius 1 is 1.04 bits per heavy atom. The van der Waals surface area contributed by atoms with E-state index in [1.165, 1.54) is 6.07 Å². The van der Waals surface area contributed by atoms with Gasteiger partial charge in [-0.15, -0.1) is 0 Å². The average molecular weight is 621 g/mol. The molecule has 2 aromatic heterocycles. The van der Waals surface area contributed by atoms with Crippen LogP contribution in [0, 0.1) is 5.82 Å². The smallest absolute Gasteiger partial charge is 0.410 e. The topological polar surface area (TPSA) is 84.1 Å². The average Bonchev–Trinajstić information content (AvgIpc) is 3.72. The highest BCUT2D eigenvalue weighted by molar-refractivity contribution is 5.98. The summed E-state index contributed by atoms with van der Waals surface area (Å²) >= 11 is 0. The Hall–Kier alpha value is -3.99. The van der Waals surface area contributed by atoms with Crippen LogP contribution in [0.2, 0.25) is 0 Å². The molecule has 1 atom stereocenters. The first-order valence-electron chi connectivity index (χ1n) is 15.9. The molecule has 6 rings (SSSR count). The van der Waals surface area contributed by atoms with Gasteiger partial charge in [0.1, 0.15) is 17.6 Å². The second-order valence-electron chi connectivity index (χ2n) is 13.3. The number of aryl methyl sites for hydroxylation is 1. The van der Waals surface area contributed by atoms with E-state index in [4.69, 9.17) is 9.72 Å². The van der Waals surface area contributed by atoms with E-state index in [9.17, 15) is 14.0 Å². The van der Waals surface area contributed by atoms with Crippen LogP contribution < -0.4 is 5.32 Å². The molecule has 2 aromatic carbocycles. The number of amides is 2. The third kappa shape index (κ3) is 6.54. The molecule has 2 aliphatic rings. The molecule has 9 nitrogen and oxygen atoms in total. The Balaban J connectivity index is 1.15. The molecule has 4 aromatic rings. The lowest BCUT2D eigenvalue weighted by Crippen LogP contribution is -2.36. The minimum Gasteiger partial charge on any atom is -0.444 e. The Bertz CT molecular complexity index is 1720. The lowest BCUT2D eigenvalue weighted by molar-refractivity contribution is 0.0224. The van der Waals surface area contributed by atoms with Crippen LogP contribution in [0.3, 0.4) is 0 Å². The normalized spacial score (nSPS) is 18.3. The standard InChI is InChI=1S/C34H42F2N6O3/c1-34(2,3)45-33(44)41-16-5-7-28(41)22-8-10-25(26(36)19-22)27-21-42-29-11-9-23(20-30(29)39(4)32(42)38-27)31(43)37-14-6-15-40-17-12-24(35)13-18-40/h8-11,19-21,24,28H,5-7,12-18H2,1-4H3,(H,37,43)/t28-/m0/s1. The first-order chi connectivity index (χ1) is 21.5. The molecule has 2 aliphatic heterocycles. The van der Waals surface area contributed by atoms with Crippen molar-refractivity contribution in [3.05, 3.63) is 59.5 Å². The Morgan fingerprint density at radius 2 is 1.82 bits per heavy atom. The Morgan fingerprint density at radius 3 is 2.56 bits per heavy atom. The lowest BCUT2D eigenvalue weighted by Gasteiger charge is -2.29. The number of carbonyl (C=O) groups excluding carboxylic acids is 2. The molecule has 0 saturated carbocycles. The maximum Gasteiger partial charge on any atom is 0.410 e. The summed E-state index contributed by atoms with van der Waals surface area (Å²) < 4.78 is 38.3. The highest BCUT2D eigenvalue weighted by atomic mass is 19.1. The summed E-state index contributed by atoms with van der Waals surface area (Å²) in [5, 5.41) is 3.00. The van der Waals surface area contributed by atoms with Gasteiger partial charge >= 0.3 is 6.09 Å². The quantitative estimate of drug-likeness (QED) is 0.247. The van der Waals surface area contributed by atoms with E-state index >= 15 is 4.39 Å². The van der Waals surface area contributed by atoms with Gasteiger partial charge in [0.05, 0.1) is 22.8 Å². The van der Waals surface area contributed by atoms with Crippen molar-refractivity contribution in [2.45, 2.75) is 70.7 Å². The Kier molecular flexibility index (Phi) is 8.56.